The predicted molar refractivity (Wildman–Crippen MR) is 105 cm³/mol. The Morgan fingerprint density at radius 2 is 1.89 bits per heavy atom. The molecule has 5 nitrogen and oxygen atoms in total. The molecule has 3 rings (SSSR count). The number of amides is 1. The average Bonchev–Trinajstić information content (AvgIpc) is 2.64. The standard InChI is InChI=1S/C19H20BrFN2O3S/c1-13-12-15(21)7-10-17(13)22-19(24)18-4-2-3-11-23(18)27(25,26)16-8-5-14(20)6-9-16/h5-10,12,18H,2-4,11H2,1H3,(H,22,24). The third-order valence-electron chi connectivity index (χ3n) is 4.62. The van der Waals surface area contributed by atoms with Crippen LogP contribution in [0.3, 0.4) is 0 Å². The molecule has 8 heteroatoms. The number of nitrogens with zero attached hydrogens (tertiary/aromatic N) is 1. The largest absolute Gasteiger partial charge is 0.324 e. The van der Waals surface area contributed by atoms with Crippen LogP contribution >= 0.6 is 15.9 Å². The van der Waals surface area contributed by atoms with Crippen molar-refractivity contribution >= 4 is 37.5 Å². The van der Waals surface area contributed by atoms with Gasteiger partial charge in [0.15, 0.2) is 0 Å². The number of aryl methyl sites for hydroxylation is 1. The molecule has 0 bridgehead atoms. The molecule has 1 aliphatic rings. The summed E-state index contributed by atoms with van der Waals surface area (Å²) in [6.45, 7) is 1.98. The first-order valence-corrected chi connectivity index (χ1v) is 10.9. The molecular weight excluding hydrogens is 435 g/mol. The van der Waals surface area contributed by atoms with Gasteiger partial charge in [0.2, 0.25) is 15.9 Å². The highest BCUT2D eigenvalue weighted by atomic mass is 79.9. The lowest BCUT2D eigenvalue weighted by Gasteiger charge is -2.33. The van der Waals surface area contributed by atoms with Crippen LogP contribution in [0.4, 0.5) is 10.1 Å². The molecule has 0 aromatic heterocycles. The monoisotopic (exact) mass is 454 g/mol. The maximum absolute atomic E-state index is 13.3. The van der Waals surface area contributed by atoms with E-state index in [1.807, 2.05) is 0 Å². The van der Waals surface area contributed by atoms with Gasteiger partial charge in [-0.25, -0.2) is 12.8 Å². The molecule has 1 heterocycles. The van der Waals surface area contributed by atoms with Gasteiger partial charge in [0.05, 0.1) is 4.90 Å². The maximum Gasteiger partial charge on any atom is 0.243 e. The van der Waals surface area contributed by atoms with E-state index in [-0.39, 0.29) is 10.7 Å². The molecule has 2 aromatic rings. The molecule has 0 aliphatic carbocycles. The lowest BCUT2D eigenvalue weighted by atomic mass is 10.0. The Morgan fingerprint density at radius 1 is 1.19 bits per heavy atom. The summed E-state index contributed by atoms with van der Waals surface area (Å²) >= 11 is 3.29. The van der Waals surface area contributed by atoms with E-state index in [4.69, 9.17) is 0 Å². The molecule has 0 spiro atoms. The molecule has 1 fully saturated rings. The fraction of sp³-hybridized carbons (Fsp3) is 0.316. The van der Waals surface area contributed by atoms with Gasteiger partial charge in [-0.3, -0.25) is 4.79 Å². The van der Waals surface area contributed by atoms with Crippen molar-refractivity contribution in [1.82, 2.24) is 4.31 Å². The molecular formula is C19H20BrFN2O3S. The quantitative estimate of drug-likeness (QED) is 0.756. The first-order valence-electron chi connectivity index (χ1n) is 8.63. The van der Waals surface area contributed by atoms with E-state index in [9.17, 15) is 17.6 Å². The number of hydrogen-bond acceptors (Lipinski definition) is 3. The average molecular weight is 455 g/mol. The summed E-state index contributed by atoms with van der Waals surface area (Å²) in [6.07, 6.45) is 1.92. The van der Waals surface area contributed by atoms with Gasteiger partial charge in [0.25, 0.3) is 0 Å². The number of benzene rings is 2. The van der Waals surface area contributed by atoms with Gasteiger partial charge in [-0.1, -0.05) is 22.4 Å². The summed E-state index contributed by atoms with van der Waals surface area (Å²) in [7, 11) is -3.79. The Hall–Kier alpha value is -1.77. The highest BCUT2D eigenvalue weighted by molar-refractivity contribution is 9.10. The van der Waals surface area contributed by atoms with E-state index in [1.165, 1.54) is 34.6 Å². The minimum Gasteiger partial charge on any atom is -0.324 e. The number of carbonyl (C=O) groups excluding carboxylic acids is 1. The van der Waals surface area contributed by atoms with Gasteiger partial charge in [-0.15, -0.1) is 0 Å². The lowest BCUT2D eigenvalue weighted by Crippen LogP contribution is -2.49. The van der Waals surface area contributed by atoms with E-state index in [2.05, 4.69) is 21.2 Å². The SMILES string of the molecule is Cc1cc(F)ccc1NC(=O)C1CCCCN1S(=O)(=O)c1ccc(Br)cc1. The Morgan fingerprint density at radius 3 is 2.56 bits per heavy atom. The van der Waals surface area contributed by atoms with Crippen LogP contribution in [0.2, 0.25) is 0 Å². The van der Waals surface area contributed by atoms with E-state index in [1.54, 1.807) is 19.1 Å². The number of rotatable bonds is 4. The zero-order valence-corrected chi connectivity index (χ0v) is 17.2. The fourth-order valence-corrected chi connectivity index (χ4v) is 5.10. The molecule has 1 aliphatic heterocycles. The van der Waals surface area contributed by atoms with Gasteiger partial charge in [0.1, 0.15) is 11.9 Å². The van der Waals surface area contributed by atoms with Crippen LogP contribution < -0.4 is 5.32 Å². The number of sulfonamides is 1. The minimum absolute atomic E-state index is 0.156. The van der Waals surface area contributed by atoms with E-state index < -0.39 is 22.0 Å². The van der Waals surface area contributed by atoms with Crippen molar-refractivity contribution < 1.29 is 17.6 Å². The first kappa shape index (κ1) is 20.0. The van der Waals surface area contributed by atoms with Crippen molar-refractivity contribution in [2.75, 3.05) is 11.9 Å². The van der Waals surface area contributed by atoms with E-state index in [0.29, 0.717) is 30.6 Å². The molecule has 27 heavy (non-hydrogen) atoms. The van der Waals surface area contributed by atoms with Crippen molar-refractivity contribution in [2.24, 2.45) is 0 Å². The van der Waals surface area contributed by atoms with Crippen LogP contribution in [0, 0.1) is 12.7 Å². The summed E-state index contributed by atoms with van der Waals surface area (Å²) in [6, 6.07) is 9.64. The zero-order valence-electron chi connectivity index (χ0n) is 14.8. The number of hydrogen-bond donors (Lipinski definition) is 1. The molecule has 1 unspecified atom stereocenters. The van der Waals surface area contributed by atoms with Crippen molar-refractivity contribution in [3.8, 4) is 0 Å². The number of anilines is 1. The molecule has 2 aromatic carbocycles. The Kier molecular flexibility index (Phi) is 5.98. The van der Waals surface area contributed by atoms with Crippen LogP contribution in [-0.2, 0) is 14.8 Å². The Labute approximate surface area is 166 Å². The second-order valence-electron chi connectivity index (χ2n) is 6.53. The van der Waals surface area contributed by atoms with Gasteiger partial charge < -0.3 is 5.32 Å². The number of nitrogens with one attached hydrogen (secondary N) is 1. The smallest absolute Gasteiger partial charge is 0.243 e. The van der Waals surface area contributed by atoms with Crippen molar-refractivity contribution in [2.45, 2.75) is 37.1 Å². The summed E-state index contributed by atoms with van der Waals surface area (Å²) < 4.78 is 41.4. The topological polar surface area (TPSA) is 66.5 Å². The van der Waals surface area contributed by atoms with Crippen molar-refractivity contribution in [3.05, 3.63) is 58.3 Å². The molecule has 1 amide bonds. The summed E-state index contributed by atoms with van der Waals surface area (Å²) in [5.74, 6) is -0.785. The summed E-state index contributed by atoms with van der Waals surface area (Å²) in [5, 5.41) is 2.75. The zero-order chi connectivity index (χ0) is 19.6. The highest BCUT2D eigenvalue weighted by Crippen LogP contribution is 2.27. The van der Waals surface area contributed by atoms with Gasteiger partial charge in [-0.05, 0) is 67.8 Å². The Balaban J connectivity index is 1.86. The second kappa shape index (κ2) is 8.08. The molecule has 0 saturated carbocycles. The normalized spacial score (nSPS) is 18.3. The number of halogens is 2. The van der Waals surface area contributed by atoms with Crippen molar-refractivity contribution in [3.63, 3.8) is 0 Å². The second-order valence-corrected chi connectivity index (χ2v) is 9.34. The van der Waals surface area contributed by atoms with Crippen LogP contribution in [0.5, 0.6) is 0 Å². The predicted octanol–water partition coefficient (Wildman–Crippen LogP) is 4.08. The molecule has 1 atom stereocenters. The lowest BCUT2D eigenvalue weighted by molar-refractivity contribution is -0.120. The summed E-state index contributed by atoms with van der Waals surface area (Å²) in [5.41, 5.74) is 1.06. The third-order valence-corrected chi connectivity index (χ3v) is 7.07. The number of carbonyl (C=O) groups is 1. The van der Waals surface area contributed by atoms with Gasteiger partial charge in [0, 0.05) is 16.7 Å². The van der Waals surface area contributed by atoms with Crippen LogP contribution in [-0.4, -0.2) is 31.2 Å². The van der Waals surface area contributed by atoms with E-state index in [0.717, 1.165) is 10.9 Å². The maximum atomic E-state index is 13.3. The van der Waals surface area contributed by atoms with Gasteiger partial charge >= 0.3 is 0 Å². The first-order chi connectivity index (χ1) is 12.8. The molecule has 1 saturated heterocycles. The number of piperidine rings is 1. The van der Waals surface area contributed by atoms with Crippen LogP contribution in [0.1, 0.15) is 24.8 Å². The van der Waals surface area contributed by atoms with Gasteiger partial charge in [-0.2, -0.15) is 4.31 Å². The Bertz CT molecular complexity index is 948. The van der Waals surface area contributed by atoms with Crippen LogP contribution in [0.15, 0.2) is 51.8 Å². The fourth-order valence-electron chi connectivity index (χ4n) is 3.18. The van der Waals surface area contributed by atoms with E-state index >= 15 is 0 Å². The minimum atomic E-state index is -3.79. The molecule has 144 valence electrons. The molecule has 1 N–H and O–H groups in total. The third kappa shape index (κ3) is 4.39. The highest BCUT2D eigenvalue weighted by Gasteiger charge is 2.37. The van der Waals surface area contributed by atoms with Crippen LogP contribution in [0.25, 0.3) is 0 Å². The molecule has 0 radical (unpaired) electrons. The van der Waals surface area contributed by atoms with Crippen molar-refractivity contribution in [1.29, 1.82) is 0 Å². The summed E-state index contributed by atoms with van der Waals surface area (Å²) in [4.78, 5) is 13.0.